The monoisotopic (exact) mass is 251 g/mol. The molecule has 0 fully saturated rings. The minimum atomic E-state index is -1.08. The molecule has 0 aliphatic rings. The summed E-state index contributed by atoms with van der Waals surface area (Å²) in [7, 11) is 0. The minimum Gasteiger partial charge on any atom is -0.476 e. The van der Waals surface area contributed by atoms with Gasteiger partial charge in [-0.1, -0.05) is 10.4 Å². The first-order valence-electron chi connectivity index (χ1n) is 5.41. The molecule has 0 saturated carbocycles. The Morgan fingerprint density at radius 1 is 1.61 bits per heavy atom. The summed E-state index contributed by atoms with van der Waals surface area (Å²) in [6.07, 6.45) is 1.39. The van der Waals surface area contributed by atoms with Crippen molar-refractivity contribution < 1.29 is 14.4 Å². The first-order chi connectivity index (χ1) is 8.65. The Hall–Kier alpha value is -2.22. The highest BCUT2D eigenvalue weighted by molar-refractivity contribution is 5.84. The van der Waals surface area contributed by atoms with E-state index in [-0.39, 0.29) is 5.69 Å². The van der Waals surface area contributed by atoms with Crippen molar-refractivity contribution in [3.8, 4) is 0 Å². The van der Waals surface area contributed by atoms with Crippen LogP contribution in [0.15, 0.2) is 16.8 Å². The number of nitrogens with one attached hydrogen (secondary N) is 1. The van der Waals surface area contributed by atoms with Crippen LogP contribution in [0.4, 0.5) is 0 Å². The van der Waals surface area contributed by atoms with E-state index in [0.717, 1.165) is 11.5 Å². The second-order valence-electron chi connectivity index (χ2n) is 3.78. The van der Waals surface area contributed by atoms with Gasteiger partial charge in [0.1, 0.15) is 0 Å². The zero-order valence-electron chi connectivity index (χ0n) is 9.83. The number of carbonyl (C=O) groups is 1. The van der Waals surface area contributed by atoms with Crippen molar-refractivity contribution >= 4 is 5.97 Å². The number of aromatic carboxylic acids is 1. The highest BCUT2D eigenvalue weighted by Gasteiger charge is 2.07. The van der Waals surface area contributed by atoms with Crippen LogP contribution >= 0.6 is 0 Å². The second-order valence-corrected chi connectivity index (χ2v) is 3.78. The largest absolute Gasteiger partial charge is 0.476 e. The number of carboxylic acids is 1. The zero-order chi connectivity index (χ0) is 13.0. The molecule has 0 aliphatic heterocycles. The molecule has 0 saturated heterocycles. The van der Waals surface area contributed by atoms with Gasteiger partial charge >= 0.3 is 5.97 Å². The van der Waals surface area contributed by atoms with Gasteiger partial charge < -0.3 is 14.9 Å². The van der Waals surface area contributed by atoms with E-state index in [2.05, 4.69) is 20.8 Å². The Morgan fingerprint density at radius 3 is 3.06 bits per heavy atom. The fourth-order valence-corrected chi connectivity index (χ4v) is 1.41. The third kappa shape index (κ3) is 3.14. The van der Waals surface area contributed by atoms with Crippen molar-refractivity contribution in [3.05, 3.63) is 29.4 Å². The summed E-state index contributed by atoms with van der Waals surface area (Å²) in [5.41, 5.74) is 0.787. The Bertz CT molecular complexity index is 533. The number of rotatable bonds is 6. The molecule has 2 N–H and O–H groups in total. The molecular formula is C10H13N5O3. The van der Waals surface area contributed by atoms with E-state index in [4.69, 9.17) is 9.63 Å². The topological polar surface area (TPSA) is 106 Å². The van der Waals surface area contributed by atoms with Gasteiger partial charge in [0.2, 0.25) is 0 Å². The minimum absolute atomic E-state index is 0.0548. The van der Waals surface area contributed by atoms with Crippen molar-refractivity contribution in [3.63, 3.8) is 0 Å². The first kappa shape index (κ1) is 12.2. The van der Waals surface area contributed by atoms with Gasteiger partial charge in [-0.3, -0.25) is 4.68 Å². The average molecular weight is 251 g/mol. The number of hydrogen-bond acceptors (Lipinski definition) is 6. The van der Waals surface area contributed by atoms with Crippen molar-refractivity contribution in [1.82, 2.24) is 25.5 Å². The van der Waals surface area contributed by atoms with Crippen LogP contribution in [0.1, 0.15) is 21.9 Å². The summed E-state index contributed by atoms with van der Waals surface area (Å²) in [6.45, 7) is 3.59. The predicted octanol–water partition coefficient (Wildman–Crippen LogP) is 0.0625. The Morgan fingerprint density at radius 2 is 2.44 bits per heavy atom. The molecule has 2 aromatic heterocycles. The summed E-state index contributed by atoms with van der Waals surface area (Å²) in [6, 6.07) is 1.85. The molecule has 18 heavy (non-hydrogen) atoms. The van der Waals surface area contributed by atoms with Crippen molar-refractivity contribution in [1.29, 1.82) is 0 Å². The van der Waals surface area contributed by atoms with E-state index in [1.807, 2.05) is 13.0 Å². The Kier molecular flexibility index (Phi) is 3.68. The molecule has 96 valence electrons. The first-order valence-corrected chi connectivity index (χ1v) is 5.41. The maximum Gasteiger partial charge on any atom is 0.358 e. The normalized spacial score (nSPS) is 10.7. The predicted molar refractivity (Wildman–Crippen MR) is 59.9 cm³/mol. The molecule has 0 unspecified atom stereocenters. The third-order valence-corrected chi connectivity index (χ3v) is 2.25. The van der Waals surface area contributed by atoms with Crippen molar-refractivity contribution in [2.24, 2.45) is 0 Å². The fraction of sp³-hybridized carbons (Fsp3) is 0.400. The van der Waals surface area contributed by atoms with Crippen LogP contribution in [0.2, 0.25) is 0 Å². The summed E-state index contributed by atoms with van der Waals surface area (Å²) in [5.74, 6) is -0.316. The third-order valence-electron chi connectivity index (χ3n) is 2.25. The SMILES string of the molecule is Cc1cc(CNCCn2cc(C(=O)O)nn2)on1. The van der Waals surface area contributed by atoms with Gasteiger partial charge in [-0.05, 0) is 6.92 Å². The summed E-state index contributed by atoms with van der Waals surface area (Å²) in [4.78, 5) is 10.6. The lowest BCUT2D eigenvalue weighted by atomic mass is 10.4. The van der Waals surface area contributed by atoms with E-state index < -0.39 is 5.97 Å². The molecule has 0 amide bonds. The van der Waals surface area contributed by atoms with Gasteiger partial charge in [-0.2, -0.15) is 0 Å². The van der Waals surface area contributed by atoms with Crippen LogP contribution in [-0.4, -0.2) is 37.8 Å². The molecule has 0 aromatic carbocycles. The lowest BCUT2D eigenvalue weighted by Crippen LogP contribution is -2.19. The number of hydrogen-bond donors (Lipinski definition) is 2. The van der Waals surface area contributed by atoms with Crippen molar-refractivity contribution in [2.45, 2.75) is 20.0 Å². The lowest BCUT2D eigenvalue weighted by Gasteiger charge is -2.01. The molecule has 0 bridgehead atoms. The van der Waals surface area contributed by atoms with Gasteiger partial charge in [0.05, 0.1) is 25.0 Å². The zero-order valence-corrected chi connectivity index (χ0v) is 9.83. The molecule has 0 radical (unpaired) electrons. The molecule has 8 nitrogen and oxygen atoms in total. The molecular weight excluding hydrogens is 238 g/mol. The second kappa shape index (κ2) is 5.41. The standard InChI is InChI=1S/C10H13N5O3/c1-7-4-8(18-13-7)5-11-2-3-15-6-9(10(16)17)12-14-15/h4,6,11H,2-3,5H2,1H3,(H,16,17). The number of aryl methyl sites for hydroxylation is 1. The van der Waals surface area contributed by atoms with Crippen LogP contribution in [-0.2, 0) is 13.1 Å². The number of aromatic nitrogens is 4. The van der Waals surface area contributed by atoms with E-state index in [1.165, 1.54) is 10.9 Å². The van der Waals surface area contributed by atoms with E-state index >= 15 is 0 Å². The molecule has 2 rings (SSSR count). The maximum absolute atomic E-state index is 10.6. The number of nitrogens with zero attached hydrogens (tertiary/aromatic N) is 4. The average Bonchev–Trinajstić information content (AvgIpc) is 2.93. The summed E-state index contributed by atoms with van der Waals surface area (Å²) < 4.78 is 6.50. The smallest absolute Gasteiger partial charge is 0.358 e. The van der Waals surface area contributed by atoms with Crippen LogP contribution in [0.5, 0.6) is 0 Å². The van der Waals surface area contributed by atoms with E-state index in [1.54, 1.807) is 0 Å². The lowest BCUT2D eigenvalue weighted by molar-refractivity contribution is 0.0690. The van der Waals surface area contributed by atoms with E-state index in [9.17, 15) is 4.79 Å². The van der Waals surface area contributed by atoms with Gasteiger partial charge in [-0.25, -0.2) is 4.79 Å². The highest BCUT2D eigenvalue weighted by atomic mass is 16.5. The fourth-order valence-electron chi connectivity index (χ4n) is 1.41. The van der Waals surface area contributed by atoms with E-state index in [0.29, 0.717) is 19.6 Å². The Balaban J connectivity index is 1.73. The summed E-state index contributed by atoms with van der Waals surface area (Å²) >= 11 is 0. The van der Waals surface area contributed by atoms with Gasteiger partial charge in [0.25, 0.3) is 0 Å². The molecule has 2 heterocycles. The van der Waals surface area contributed by atoms with Crippen LogP contribution < -0.4 is 5.32 Å². The molecule has 0 atom stereocenters. The molecule has 0 aliphatic carbocycles. The summed E-state index contributed by atoms with van der Waals surface area (Å²) in [5, 5.41) is 22.8. The Labute approximate surface area is 103 Å². The maximum atomic E-state index is 10.6. The molecule has 8 heteroatoms. The van der Waals surface area contributed by atoms with Gasteiger partial charge in [0.15, 0.2) is 11.5 Å². The van der Waals surface area contributed by atoms with Crippen LogP contribution in [0.25, 0.3) is 0 Å². The van der Waals surface area contributed by atoms with Crippen molar-refractivity contribution in [2.75, 3.05) is 6.54 Å². The molecule has 0 spiro atoms. The van der Waals surface area contributed by atoms with Gasteiger partial charge in [0, 0.05) is 12.6 Å². The molecule has 2 aromatic rings. The number of carboxylic acid groups (broad SMARTS) is 1. The van der Waals surface area contributed by atoms with Crippen LogP contribution in [0.3, 0.4) is 0 Å². The quantitative estimate of drug-likeness (QED) is 0.699. The van der Waals surface area contributed by atoms with Crippen LogP contribution in [0, 0.1) is 6.92 Å². The highest BCUT2D eigenvalue weighted by Crippen LogP contribution is 2.00. The van der Waals surface area contributed by atoms with Gasteiger partial charge in [-0.15, -0.1) is 5.10 Å².